The average molecular weight is 273 g/mol. The van der Waals surface area contributed by atoms with E-state index in [1.54, 1.807) is 12.1 Å². The zero-order valence-electron chi connectivity index (χ0n) is 11.0. The molecule has 1 amide bonds. The molecule has 0 radical (unpaired) electrons. The van der Waals surface area contributed by atoms with Crippen LogP contribution < -0.4 is 10.1 Å². The molecule has 0 unspecified atom stereocenters. The highest BCUT2D eigenvalue weighted by molar-refractivity contribution is 5.84. The number of benzene rings is 2. The lowest BCUT2D eigenvalue weighted by Crippen LogP contribution is -2.10. The summed E-state index contributed by atoms with van der Waals surface area (Å²) in [5.74, 6) is 0.305. The second-order valence-corrected chi connectivity index (χ2v) is 4.07. The zero-order valence-corrected chi connectivity index (χ0v) is 11.0. The van der Waals surface area contributed by atoms with Gasteiger partial charge in [-0.15, -0.1) is 0 Å². The summed E-state index contributed by atoms with van der Waals surface area (Å²) in [6, 6.07) is 14.2. The summed E-state index contributed by atoms with van der Waals surface area (Å²) >= 11 is 0. The van der Waals surface area contributed by atoms with Gasteiger partial charge in [0.15, 0.2) is 11.5 Å². The molecule has 2 rings (SSSR count). The van der Waals surface area contributed by atoms with Gasteiger partial charge in [-0.05, 0) is 17.7 Å². The lowest BCUT2D eigenvalue weighted by molar-refractivity contribution is 0.187. The van der Waals surface area contributed by atoms with E-state index >= 15 is 0 Å². The minimum absolute atomic E-state index is 0.0464. The van der Waals surface area contributed by atoms with Crippen LogP contribution in [0.4, 0.5) is 10.5 Å². The molecule has 0 saturated carbocycles. The Labute approximate surface area is 116 Å². The summed E-state index contributed by atoms with van der Waals surface area (Å²) in [7, 11) is 1.27. The van der Waals surface area contributed by atoms with Gasteiger partial charge < -0.3 is 14.6 Å². The first-order valence-corrected chi connectivity index (χ1v) is 6.04. The van der Waals surface area contributed by atoms with E-state index in [1.807, 2.05) is 30.3 Å². The fraction of sp³-hybridized carbons (Fsp3) is 0.133. The van der Waals surface area contributed by atoms with Gasteiger partial charge in [0.05, 0.1) is 7.11 Å². The van der Waals surface area contributed by atoms with Crippen molar-refractivity contribution in [3.8, 4) is 11.5 Å². The van der Waals surface area contributed by atoms with Gasteiger partial charge in [0.2, 0.25) is 0 Å². The van der Waals surface area contributed by atoms with Gasteiger partial charge >= 0.3 is 6.09 Å². The van der Waals surface area contributed by atoms with Crippen LogP contribution in [0.15, 0.2) is 48.5 Å². The Kier molecular flexibility index (Phi) is 4.44. The number of phenolic OH excluding ortho intramolecular Hbond substituents is 1. The van der Waals surface area contributed by atoms with Gasteiger partial charge in [-0.2, -0.15) is 0 Å². The summed E-state index contributed by atoms with van der Waals surface area (Å²) in [4.78, 5) is 11.0. The monoisotopic (exact) mass is 273 g/mol. The first-order valence-electron chi connectivity index (χ1n) is 6.04. The van der Waals surface area contributed by atoms with Crippen LogP contribution in [0.5, 0.6) is 11.5 Å². The van der Waals surface area contributed by atoms with Crippen molar-refractivity contribution in [1.82, 2.24) is 0 Å². The van der Waals surface area contributed by atoms with Crippen molar-refractivity contribution < 1.29 is 19.4 Å². The highest BCUT2D eigenvalue weighted by Crippen LogP contribution is 2.29. The maximum absolute atomic E-state index is 11.0. The normalized spacial score (nSPS) is 9.85. The smallest absolute Gasteiger partial charge is 0.411 e. The third-order valence-corrected chi connectivity index (χ3v) is 2.63. The maximum Gasteiger partial charge on any atom is 0.411 e. The summed E-state index contributed by atoms with van der Waals surface area (Å²) in [5.41, 5.74) is 1.44. The van der Waals surface area contributed by atoms with Gasteiger partial charge in [-0.25, -0.2) is 4.79 Å². The molecular formula is C15H15NO4. The number of carbonyl (C=O) groups excluding carboxylic acids is 1. The molecule has 2 aromatic rings. The van der Waals surface area contributed by atoms with Crippen LogP contribution in [0.3, 0.4) is 0 Å². The topological polar surface area (TPSA) is 67.8 Å². The number of ether oxygens (including phenoxy) is 2. The first-order chi connectivity index (χ1) is 9.69. The van der Waals surface area contributed by atoms with Crippen molar-refractivity contribution in [2.45, 2.75) is 6.61 Å². The molecule has 2 aromatic carbocycles. The summed E-state index contributed by atoms with van der Waals surface area (Å²) < 4.78 is 9.98. The van der Waals surface area contributed by atoms with Crippen molar-refractivity contribution in [2.75, 3.05) is 12.4 Å². The molecule has 0 fully saturated rings. The lowest BCUT2D eigenvalue weighted by Gasteiger charge is -2.10. The second kappa shape index (κ2) is 6.47. The van der Waals surface area contributed by atoms with Crippen molar-refractivity contribution in [1.29, 1.82) is 0 Å². The number of nitrogens with one attached hydrogen (secondary N) is 1. The van der Waals surface area contributed by atoms with E-state index in [2.05, 4.69) is 10.1 Å². The summed E-state index contributed by atoms with van der Waals surface area (Å²) in [5, 5.41) is 12.3. The van der Waals surface area contributed by atoms with E-state index in [4.69, 9.17) is 4.74 Å². The van der Waals surface area contributed by atoms with E-state index in [9.17, 15) is 9.90 Å². The molecule has 20 heavy (non-hydrogen) atoms. The quantitative estimate of drug-likeness (QED) is 0.898. The molecule has 0 spiro atoms. The van der Waals surface area contributed by atoms with E-state index in [0.29, 0.717) is 18.0 Å². The molecular weight excluding hydrogens is 258 g/mol. The number of carbonyl (C=O) groups is 1. The lowest BCUT2D eigenvalue weighted by atomic mass is 10.2. The second-order valence-electron chi connectivity index (χ2n) is 4.07. The molecule has 0 aliphatic heterocycles. The number of methoxy groups -OCH3 is 1. The minimum atomic E-state index is -0.595. The molecule has 0 heterocycles. The SMILES string of the molecule is COC(=O)Nc1ccc(OCc2ccccc2)c(O)c1. The van der Waals surface area contributed by atoms with Gasteiger partial charge in [0, 0.05) is 11.8 Å². The highest BCUT2D eigenvalue weighted by Gasteiger charge is 2.06. The number of hydrogen-bond acceptors (Lipinski definition) is 4. The fourth-order valence-electron chi connectivity index (χ4n) is 1.62. The standard InChI is InChI=1S/C15H15NO4/c1-19-15(18)16-12-7-8-14(13(17)9-12)20-10-11-5-3-2-4-6-11/h2-9,17H,10H2,1H3,(H,16,18). The van der Waals surface area contributed by atoms with Crippen molar-refractivity contribution >= 4 is 11.8 Å². The third-order valence-electron chi connectivity index (χ3n) is 2.63. The van der Waals surface area contributed by atoms with Crippen LogP contribution in [-0.2, 0) is 11.3 Å². The number of phenols is 1. The number of hydrogen-bond donors (Lipinski definition) is 2. The molecule has 5 heteroatoms. The van der Waals surface area contributed by atoms with Crippen molar-refractivity contribution in [3.05, 3.63) is 54.1 Å². The molecule has 0 aliphatic carbocycles. The third kappa shape index (κ3) is 3.65. The molecule has 5 nitrogen and oxygen atoms in total. The molecule has 2 N–H and O–H groups in total. The molecule has 104 valence electrons. The number of rotatable bonds is 4. The number of anilines is 1. The molecule has 0 bridgehead atoms. The highest BCUT2D eigenvalue weighted by atomic mass is 16.5. The van der Waals surface area contributed by atoms with Crippen LogP contribution in [0.2, 0.25) is 0 Å². The Morgan fingerprint density at radius 1 is 1.20 bits per heavy atom. The minimum Gasteiger partial charge on any atom is -0.504 e. The predicted molar refractivity (Wildman–Crippen MR) is 74.9 cm³/mol. The summed E-state index contributed by atoms with van der Waals surface area (Å²) in [6.07, 6.45) is -0.595. The van der Waals surface area contributed by atoms with Crippen LogP contribution in [0.1, 0.15) is 5.56 Å². The molecule has 0 saturated heterocycles. The van der Waals surface area contributed by atoms with E-state index in [0.717, 1.165) is 5.56 Å². The van der Waals surface area contributed by atoms with Crippen LogP contribution in [0.25, 0.3) is 0 Å². The van der Waals surface area contributed by atoms with E-state index < -0.39 is 6.09 Å². The summed E-state index contributed by atoms with van der Waals surface area (Å²) in [6.45, 7) is 0.359. The predicted octanol–water partition coefficient (Wildman–Crippen LogP) is 3.15. The van der Waals surface area contributed by atoms with Gasteiger partial charge in [0.25, 0.3) is 0 Å². The van der Waals surface area contributed by atoms with Crippen LogP contribution in [0, 0.1) is 0 Å². The van der Waals surface area contributed by atoms with Gasteiger partial charge in [-0.1, -0.05) is 30.3 Å². The Morgan fingerprint density at radius 3 is 2.60 bits per heavy atom. The van der Waals surface area contributed by atoms with E-state index in [1.165, 1.54) is 13.2 Å². The maximum atomic E-state index is 11.0. The molecule has 0 aromatic heterocycles. The van der Waals surface area contributed by atoms with Crippen LogP contribution >= 0.6 is 0 Å². The van der Waals surface area contributed by atoms with Crippen molar-refractivity contribution in [2.24, 2.45) is 0 Å². The fourth-order valence-corrected chi connectivity index (χ4v) is 1.62. The molecule has 0 atom stereocenters. The number of amides is 1. The van der Waals surface area contributed by atoms with Gasteiger partial charge in [0.1, 0.15) is 6.61 Å². The zero-order chi connectivity index (χ0) is 14.4. The Hall–Kier alpha value is -2.69. The van der Waals surface area contributed by atoms with Crippen LogP contribution in [-0.4, -0.2) is 18.3 Å². The first kappa shape index (κ1) is 13.7. The number of aromatic hydroxyl groups is 1. The Balaban J connectivity index is 2.01. The van der Waals surface area contributed by atoms with Crippen molar-refractivity contribution in [3.63, 3.8) is 0 Å². The Bertz CT molecular complexity index is 584. The Morgan fingerprint density at radius 2 is 1.95 bits per heavy atom. The largest absolute Gasteiger partial charge is 0.504 e. The molecule has 0 aliphatic rings. The van der Waals surface area contributed by atoms with Gasteiger partial charge in [-0.3, -0.25) is 5.32 Å². The average Bonchev–Trinajstić information content (AvgIpc) is 2.47. The van der Waals surface area contributed by atoms with E-state index in [-0.39, 0.29) is 5.75 Å².